The van der Waals surface area contributed by atoms with Crippen molar-refractivity contribution in [3.05, 3.63) is 32.9 Å². The van der Waals surface area contributed by atoms with Crippen LogP contribution >= 0.6 is 34.8 Å². The summed E-state index contributed by atoms with van der Waals surface area (Å²) in [4.78, 5) is 2.90. The molecule has 0 aliphatic heterocycles. The molecular formula is C9H6Cl3NO. The lowest BCUT2D eigenvalue weighted by Crippen LogP contribution is -1.81. The number of aromatic amines is 1. The fourth-order valence-corrected chi connectivity index (χ4v) is 2.29. The molecule has 2 rings (SSSR count). The van der Waals surface area contributed by atoms with E-state index in [-0.39, 0.29) is 6.61 Å². The highest BCUT2D eigenvalue weighted by atomic mass is 35.5. The van der Waals surface area contributed by atoms with Gasteiger partial charge >= 0.3 is 0 Å². The molecule has 0 radical (unpaired) electrons. The van der Waals surface area contributed by atoms with Gasteiger partial charge in [0.25, 0.3) is 0 Å². The minimum atomic E-state index is -0.153. The maximum Gasteiger partial charge on any atom is 0.112 e. The molecule has 0 aliphatic carbocycles. The molecule has 0 spiro atoms. The summed E-state index contributed by atoms with van der Waals surface area (Å²) in [5, 5.41) is 11.2. The highest BCUT2D eigenvalue weighted by molar-refractivity contribution is 6.40. The van der Waals surface area contributed by atoms with Gasteiger partial charge in [0.1, 0.15) is 5.15 Å². The van der Waals surface area contributed by atoms with Gasteiger partial charge in [-0.1, -0.05) is 34.8 Å². The van der Waals surface area contributed by atoms with E-state index in [1.165, 1.54) is 0 Å². The van der Waals surface area contributed by atoms with Crippen LogP contribution in [-0.4, -0.2) is 10.1 Å². The number of benzene rings is 1. The third kappa shape index (κ3) is 1.48. The number of hydrogen-bond acceptors (Lipinski definition) is 1. The summed E-state index contributed by atoms with van der Waals surface area (Å²) in [7, 11) is 0. The SMILES string of the molecule is OCc1c(Cl)[nH]c2cc(Cl)cc(Cl)c12. The summed E-state index contributed by atoms with van der Waals surface area (Å²) in [5.41, 5.74) is 1.33. The molecule has 2 aromatic rings. The topological polar surface area (TPSA) is 36.0 Å². The van der Waals surface area contributed by atoms with E-state index in [1.54, 1.807) is 12.1 Å². The molecule has 1 heterocycles. The number of rotatable bonds is 1. The Morgan fingerprint density at radius 3 is 2.57 bits per heavy atom. The molecule has 0 aliphatic rings. The molecule has 74 valence electrons. The molecule has 1 aromatic carbocycles. The second-order valence-corrected chi connectivity index (χ2v) is 4.11. The zero-order chi connectivity index (χ0) is 10.3. The van der Waals surface area contributed by atoms with Crippen LogP contribution in [0.3, 0.4) is 0 Å². The molecule has 5 heteroatoms. The van der Waals surface area contributed by atoms with Gasteiger partial charge in [-0.15, -0.1) is 0 Å². The Morgan fingerprint density at radius 2 is 1.93 bits per heavy atom. The Balaban J connectivity index is 2.88. The molecule has 2 nitrogen and oxygen atoms in total. The van der Waals surface area contributed by atoms with Crippen molar-refractivity contribution < 1.29 is 5.11 Å². The van der Waals surface area contributed by atoms with Crippen LogP contribution in [0, 0.1) is 0 Å². The largest absolute Gasteiger partial charge is 0.392 e. The van der Waals surface area contributed by atoms with Crippen LogP contribution in [0.15, 0.2) is 12.1 Å². The first-order chi connectivity index (χ1) is 6.63. The first-order valence-electron chi connectivity index (χ1n) is 3.89. The van der Waals surface area contributed by atoms with E-state index in [2.05, 4.69) is 4.98 Å². The Bertz CT molecular complexity index is 492. The number of H-pyrrole nitrogens is 1. The van der Waals surface area contributed by atoms with Crippen molar-refractivity contribution in [1.82, 2.24) is 4.98 Å². The maximum atomic E-state index is 9.10. The minimum Gasteiger partial charge on any atom is -0.392 e. The molecule has 0 unspecified atom stereocenters. The smallest absolute Gasteiger partial charge is 0.112 e. The molecule has 0 atom stereocenters. The standard InChI is InChI=1S/C9H6Cl3NO/c10-4-1-6(11)8-5(3-14)9(12)13-7(8)2-4/h1-2,13-14H,3H2. The molecule has 0 bridgehead atoms. The lowest BCUT2D eigenvalue weighted by Gasteiger charge is -1.98. The van der Waals surface area contributed by atoms with E-state index in [0.29, 0.717) is 20.8 Å². The van der Waals surface area contributed by atoms with Gasteiger partial charge in [0.15, 0.2) is 0 Å². The summed E-state index contributed by atoms with van der Waals surface area (Å²) >= 11 is 17.7. The van der Waals surface area contributed by atoms with E-state index < -0.39 is 0 Å². The van der Waals surface area contributed by atoms with Crippen LogP contribution in [0.2, 0.25) is 15.2 Å². The predicted molar refractivity (Wildman–Crippen MR) is 59.3 cm³/mol. The van der Waals surface area contributed by atoms with Crippen molar-refractivity contribution in [2.24, 2.45) is 0 Å². The Hall–Kier alpha value is -0.410. The van der Waals surface area contributed by atoms with Gasteiger partial charge in [0.2, 0.25) is 0 Å². The van der Waals surface area contributed by atoms with Gasteiger partial charge in [-0.05, 0) is 12.1 Å². The molecule has 2 N–H and O–H groups in total. The first kappa shape index (κ1) is 10.1. The third-order valence-electron chi connectivity index (χ3n) is 2.02. The van der Waals surface area contributed by atoms with E-state index >= 15 is 0 Å². The lowest BCUT2D eigenvalue weighted by atomic mass is 10.2. The number of aliphatic hydroxyl groups excluding tert-OH is 1. The first-order valence-corrected chi connectivity index (χ1v) is 5.03. The summed E-state index contributed by atoms with van der Waals surface area (Å²) in [6.07, 6.45) is 0. The van der Waals surface area contributed by atoms with Crippen molar-refractivity contribution in [3.8, 4) is 0 Å². The van der Waals surface area contributed by atoms with Gasteiger partial charge in [-0.25, -0.2) is 0 Å². The summed E-state index contributed by atoms with van der Waals surface area (Å²) in [5.74, 6) is 0. The van der Waals surface area contributed by atoms with Gasteiger partial charge in [-0.2, -0.15) is 0 Å². The molecule has 0 saturated heterocycles. The zero-order valence-corrected chi connectivity index (χ0v) is 9.21. The lowest BCUT2D eigenvalue weighted by molar-refractivity contribution is 0.283. The molecule has 0 amide bonds. The van der Waals surface area contributed by atoms with E-state index in [9.17, 15) is 0 Å². The highest BCUT2D eigenvalue weighted by Gasteiger charge is 2.12. The van der Waals surface area contributed by atoms with E-state index in [0.717, 1.165) is 10.9 Å². The maximum absolute atomic E-state index is 9.10. The van der Waals surface area contributed by atoms with Crippen LogP contribution in [0.5, 0.6) is 0 Å². The number of hydrogen-bond donors (Lipinski definition) is 2. The van der Waals surface area contributed by atoms with Crippen molar-refractivity contribution in [2.75, 3.05) is 0 Å². The molecule has 1 aromatic heterocycles. The number of aromatic nitrogens is 1. The Labute approximate surface area is 95.4 Å². The third-order valence-corrected chi connectivity index (χ3v) is 2.86. The van der Waals surface area contributed by atoms with Gasteiger partial charge in [0, 0.05) is 21.5 Å². The van der Waals surface area contributed by atoms with Crippen LogP contribution < -0.4 is 0 Å². The number of halogens is 3. The summed E-state index contributed by atoms with van der Waals surface area (Å²) in [6, 6.07) is 3.34. The van der Waals surface area contributed by atoms with Crippen LogP contribution in [0.1, 0.15) is 5.56 Å². The normalized spacial score (nSPS) is 11.1. The zero-order valence-electron chi connectivity index (χ0n) is 6.94. The Morgan fingerprint density at radius 1 is 1.21 bits per heavy atom. The average Bonchev–Trinajstić information content (AvgIpc) is 2.40. The van der Waals surface area contributed by atoms with Gasteiger partial charge in [-0.3, -0.25) is 0 Å². The summed E-state index contributed by atoms with van der Waals surface area (Å²) in [6.45, 7) is -0.153. The minimum absolute atomic E-state index is 0.153. The van der Waals surface area contributed by atoms with Gasteiger partial charge in [0.05, 0.1) is 11.6 Å². The van der Waals surface area contributed by atoms with Crippen molar-refractivity contribution in [2.45, 2.75) is 6.61 Å². The molecule has 0 fully saturated rings. The van der Waals surface area contributed by atoms with E-state index in [1.807, 2.05) is 0 Å². The molecule has 0 saturated carbocycles. The summed E-state index contributed by atoms with van der Waals surface area (Å²) < 4.78 is 0. The van der Waals surface area contributed by atoms with Crippen LogP contribution in [-0.2, 0) is 6.61 Å². The fraction of sp³-hybridized carbons (Fsp3) is 0.111. The van der Waals surface area contributed by atoms with Gasteiger partial charge < -0.3 is 10.1 Å². The average molecular weight is 251 g/mol. The van der Waals surface area contributed by atoms with Crippen molar-refractivity contribution in [3.63, 3.8) is 0 Å². The van der Waals surface area contributed by atoms with Crippen molar-refractivity contribution in [1.29, 1.82) is 0 Å². The van der Waals surface area contributed by atoms with E-state index in [4.69, 9.17) is 39.9 Å². The number of aliphatic hydroxyl groups is 1. The molecular weight excluding hydrogens is 244 g/mol. The predicted octanol–water partition coefficient (Wildman–Crippen LogP) is 3.62. The second-order valence-electron chi connectivity index (χ2n) is 2.89. The monoisotopic (exact) mass is 249 g/mol. The van der Waals surface area contributed by atoms with Crippen LogP contribution in [0.4, 0.5) is 0 Å². The second kappa shape index (κ2) is 3.63. The van der Waals surface area contributed by atoms with Crippen LogP contribution in [0.25, 0.3) is 10.9 Å². The highest BCUT2D eigenvalue weighted by Crippen LogP contribution is 2.34. The Kier molecular flexibility index (Phi) is 2.62. The number of fused-ring (bicyclic) bond motifs is 1. The van der Waals surface area contributed by atoms with Crippen molar-refractivity contribution >= 4 is 45.7 Å². The fourth-order valence-electron chi connectivity index (χ4n) is 1.43. The number of nitrogens with one attached hydrogen (secondary N) is 1. The molecule has 14 heavy (non-hydrogen) atoms. The quantitative estimate of drug-likeness (QED) is 0.797.